The van der Waals surface area contributed by atoms with Crippen LogP contribution in [0.4, 0.5) is 0 Å². The molecule has 3 N–H and O–H groups in total. The van der Waals surface area contributed by atoms with E-state index in [0.29, 0.717) is 18.1 Å². The van der Waals surface area contributed by atoms with Crippen molar-refractivity contribution in [3.63, 3.8) is 0 Å². The molecule has 2 aromatic rings. The summed E-state index contributed by atoms with van der Waals surface area (Å²) in [5, 5.41) is 1.85. The minimum absolute atomic E-state index is 0.275. The van der Waals surface area contributed by atoms with Crippen LogP contribution < -0.4 is 11.3 Å². The second-order valence-corrected chi connectivity index (χ2v) is 4.64. The second kappa shape index (κ2) is 6.30. The van der Waals surface area contributed by atoms with Gasteiger partial charge in [-0.25, -0.2) is 5.84 Å². The number of ether oxygens (including phenoxy) is 1. The van der Waals surface area contributed by atoms with Crippen LogP contribution >= 0.6 is 11.3 Å². The number of nitrogens with one attached hydrogen (secondary N) is 1. The average molecular weight is 262 g/mol. The van der Waals surface area contributed by atoms with Crippen molar-refractivity contribution >= 4 is 17.2 Å². The van der Waals surface area contributed by atoms with Gasteiger partial charge in [0.2, 0.25) is 0 Å². The molecule has 1 heterocycles. The Morgan fingerprint density at radius 2 is 2.00 bits per heavy atom. The van der Waals surface area contributed by atoms with E-state index in [2.05, 4.69) is 5.43 Å². The van der Waals surface area contributed by atoms with Crippen LogP contribution in [0.3, 0.4) is 0 Å². The third-order valence-electron chi connectivity index (χ3n) is 2.45. The van der Waals surface area contributed by atoms with Crippen molar-refractivity contribution in [1.82, 2.24) is 5.43 Å². The number of benzene rings is 1. The summed E-state index contributed by atoms with van der Waals surface area (Å²) < 4.78 is 5.59. The fourth-order valence-electron chi connectivity index (χ4n) is 1.57. The third kappa shape index (κ3) is 3.16. The molecule has 0 aliphatic carbocycles. The second-order valence-electron chi connectivity index (χ2n) is 3.73. The minimum Gasteiger partial charge on any atom is -0.372 e. The van der Waals surface area contributed by atoms with Crippen LogP contribution in [0.5, 0.6) is 0 Å². The first-order chi connectivity index (χ1) is 8.81. The lowest BCUT2D eigenvalue weighted by molar-refractivity contribution is 0.0934. The molecule has 0 aliphatic heterocycles. The van der Waals surface area contributed by atoms with E-state index in [1.54, 1.807) is 0 Å². The van der Waals surface area contributed by atoms with Crippen LogP contribution in [0.2, 0.25) is 0 Å². The zero-order chi connectivity index (χ0) is 12.8. The number of carbonyl (C=O) groups is 1. The number of carbonyl (C=O) groups excluding carboxylic acids is 1. The first-order valence-corrected chi connectivity index (χ1v) is 6.38. The molecule has 2 rings (SSSR count). The summed E-state index contributed by atoms with van der Waals surface area (Å²) in [6, 6.07) is 11.8. The highest BCUT2D eigenvalue weighted by Crippen LogP contribution is 2.18. The van der Waals surface area contributed by atoms with Crippen LogP contribution in [-0.2, 0) is 18.0 Å². The van der Waals surface area contributed by atoms with Gasteiger partial charge in [-0.3, -0.25) is 10.2 Å². The largest absolute Gasteiger partial charge is 0.372 e. The van der Waals surface area contributed by atoms with Crippen molar-refractivity contribution in [3.05, 3.63) is 57.8 Å². The van der Waals surface area contributed by atoms with Crippen LogP contribution in [0.1, 0.15) is 20.8 Å². The van der Waals surface area contributed by atoms with Gasteiger partial charge < -0.3 is 4.74 Å². The number of hydrogen-bond donors (Lipinski definition) is 2. The molecular formula is C13H14N2O2S. The van der Waals surface area contributed by atoms with Crippen molar-refractivity contribution in [2.24, 2.45) is 5.84 Å². The number of thiophene rings is 1. The lowest BCUT2D eigenvalue weighted by atomic mass is 10.2. The van der Waals surface area contributed by atoms with Gasteiger partial charge in [0.05, 0.1) is 18.1 Å². The summed E-state index contributed by atoms with van der Waals surface area (Å²) >= 11 is 1.36. The summed E-state index contributed by atoms with van der Waals surface area (Å²) in [6.45, 7) is 0.932. The molecule has 0 atom stereocenters. The Labute approximate surface area is 109 Å². The summed E-state index contributed by atoms with van der Waals surface area (Å²) in [5.41, 5.74) is 4.10. The van der Waals surface area contributed by atoms with Gasteiger partial charge in [-0.15, -0.1) is 11.3 Å². The number of nitrogen functional groups attached to an aromatic ring is 1. The maximum atomic E-state index is 11.4. The number of nitrogens with two attached hydrogens (primary N) is 1. The van der Waals surface area contributed by atoms with Crippen molar-refractivity contribution in [2.45, 2.75) is 13.2 Å². The Morgan fingerprint density at radius 3 is 2.72 bits per heavy atom. The van der Waals surface area contributed by atoms with Crippen molar-refractivity contribution < 1.29 is 9.53 Å². The summed E-state index contributed by atoms with van der Waals surface area (Å²) in [5.74, 6) is 4.84. The smallest absolute Gasteiger partial charge is 0.275 e. The van der Waals surface area contributed by atoms with Gasteiger partial charge in [-0.1, -0.05) is 30.3 Å². The molecule has 0 fully saturated rings. The van der Waals surface area contributed by atoms with E-state index in [9.17, 15) is 4.79 Å². The Bertz CT molecular complexity index is 511. The minimum atomic E-state index is -0.275. The fraction of sp³-hybridized carbons (Fsp3) is 0.154. The average Bonchev–Trinajstić information content (AvgIpc) is 2.87. The highest BCUT2D eigenvalue weighted by Gasteiger charge is 2.11. The highest BCUT2D eigenvalue weighted by atomic mass is 32.1. The number of hydrogen-bond acceptors (Lipinski definition) is 4. The summed E-state index contributed by atoms with van der Waals surface area (Å²) in [6.07, 6.45) is 0. The molecule has 0 radical (unpaired) electrons. The van der Waals surface area contributed by atoms with Gasteiger partial charge in [-0.05, 0) is 17.0 Å². The van der Waals surface area contributed by atoms with E-state index in [1.165, 1.54) is 11.3 Å². The number of rotatable bonds is 5. The van der Waals surface area contributed by atoms with Crippen LogP contribution in [0.25, 0.3) is 0 Å². The first-order valence-electron chi connectivity index (χ1n) is 5.50. The molecule has 1 amide bonds. The van der Waals surface area contributed by atoms with E-state index in [0.717, 1.165) is 11.1 Å². The van der Waals surface area contributed by atoms with Gasteiger partial charge in [0.1, 0.15) is 0 Å². The van der Waals surface area contributed by atoms with Crippen LogP contribution in [-0.4, -0.2) is 5.91 Å². The van der Waals surface area contributed by atoms with Gasteiger partial charge in [0.15, 0.2) is 0 Å². The maximum absolute atomic E-state index is 11.4. The van der Waals surface area contributed by atoms with Gasteiger partial charge >= 0.3 is 0 Å². The van der Waals surface area contributed by atoms with E-state index in [4.69, 9.17) is 10.6 Å². The monoisotopic (exact) mass is 262 g/mol. The standard InChI is InChI=1S/C13H14N2O2S/c14-15-13(16)12-11(6-7-18-12)9-17-8-10-4-2-1-3-5-10/h1-7H,8-9,14H2,(H,15,16). The predicted octanol–water partition coefficient (Wildman–Crippen LogP) is 2.07. The molecule has 0 aliphatic rings. The van der Waals surface area contributed by atoms with Crippen LogP contribution in [0, 0.1) is 0 Å². The Morgan fingerprint density at radius 1 is 1.22 bits per heavy atom. The normalized spacial score (nSPS) is 10.3. The van der Waals surface area contributed by atoms with E-state index >= 15 is 0 Å². The molecule has 0 saturated carbocycles. The first kappa shape index (κ1) is 12.8. The molecule has 18 heavy (non-hydrogen) atoms. The van der Waals surface area contributed by atoms with E-state index in [-0.39, 0.29) is 5.91 Å². The molecule has 1 aromatic heterocycles. The quantitative estimate of drug-likeness (QED) is 0.492. The summed E-state index contributed by atoms with van der Waals surface area (Å²) in [7, 11) is 0. The Balaban J connectivity index is 1.91. The van der Waals surface area contributed by atoms with E-state index < -0.39 is 0 Å². The zero-order valence-corrected chi connectivity index (χ0v) is 10.6. The number of hydrazine groups is 1. The molecule has 0 saturated heterocycles. The Kier molecular flexibility index (Phi) is 4.46. The lowest BCUT2D eigenvalue weighted by Gasteiger charge is -2.05. The SMILES string of the molecule is NNC(=O)c1sccc1COCc1ccccc1. The molecule has 0 unspecified atom stereocenters. The molecule has 1 aromatic carbocycles. The zero-order valence-electron chi connectivity index (χ0n) is 9.76. The maximum Gasteiger partial charge on any atom is 0.275 e. The topological polar surface area (TPSA) is 64.3 Å². The van der Waals surface area contributed by atoms with Crippen molar-refractivity contribution in [3.8, 4) is 0 Å². The molecular weight excluding hydrogens is 248 g/mol. The predicted molar refractivity (Wildman–Crippen MR) is 70.9 cm³/mol. The fourth-order valence-corrected chi connectivity index (χ4v) is 2.38. The molecule has 94 valence electrons. The van der Waals surface area contributed by atoms with Crippen molar-refractivity contribution in [2.75, 3.05) is 0 Å². The molecule has 4 nitrogen and oxygen atoms in total. The lowest BCUT2D eigenvalue weighted by Crippen LogP contribution is -2.30. The Hall–Kier alpha value is -1.69. The third-order valence-corrected chi connectivity index (χ3v) is 3.41. The highest BCUT2D eigenvalue weighted by molar-refractivity contribution is 7.12. The summed E-state index contributed by atoms with van der Waals surface area (Å²) in [4.78, 5) is 12.0. The number of amides is 1. The molecule has 0 bridgehead atoms. The van der Waals surface area contributed by atoms with Gasteiger partial charge in [0, 0.05) is 5.56 Å². The van der Waals surface area contributed by atoms with Gasteiger partial charge in [-0.2, -0.15) is 0 Å². The van der Waals surface area contributed by atoms with E-state index in [1.807, 2.05) is 41.8 Å². The van der Waals surface area contributed by atoms with Crippen molar-refractivity contribution in [1.29, 1.82) is 0 Å². The molecule has 5 heteroatoms. The molecule has 0 spiro atoms. The van der Waals surface area contributed by atoms with Crippen LogP contribution in [0.15, 0.2) is 41.8 Å². The van der Waals surface area contributed by atoms with Gasteiger partial charge in [0.25, 0.3) is 5.91 Å².